The van der Waals surface area contributed by atoms with E-state index in [0.29, 0.717) is 12.2 Å². The minimum absolute atomic E-state index is 0.230. The van der Waals surface area contributed by atoms with Crippen LogP contribution in [-0.2, 0) is 16.4 Å². The SMILES string of the molecule is CCc1ccc(S(=O)(=O)NCCSC)cc1N. The zero-order valence-electron chi connectivity index (χ0n) is 10.1. The zero-order chi connectivity index (χ0) is 12.9. The van der Waals surface area contributed by atoms with Crippen LogP contribution in [0.4, 0.5) is 5.69 Å². The Labute approximate surface area is 107 Å². The number of aryl methyl sites for hydroxylation is 1. The first-order chi connectivity index (χ1) is 8.01. The number of nitrogens with one attached hydrogen (secondary N) is 1. The van der Waals surface area contributed by atoms with Gasteiger partial charge in [0.15, 0.2) is 0 Å². The number of nitrogen functional groups attached to an aromatic ring is 1. The Morgan fingerprint density at radius 3 is 2.65 bits per heavy atom. The molecule has 0 bridgehead atoms. The second kappa shape index (κ2) is 6.28. The molecule has 1 aromatic carbocycles. The van der Waals surface area contributed by atoms with Crippen LogP contribution in [-0.4, -0.2) is 27.0 Å². The van der Waals surface area contributed by atoms with E-state index in [1.165, 1.54) is 6.07 Å². The fourth-order valence-electron chi connectivity index (χ4n) is 1.42. The zero-order valence-corrected chi connectivity index (χ0v) is 11.7. The van der Waals surface area contributed by atoms with Gasteiger partial charge in [0.1, 0.15) is 0 Å². The molecule has 4 nitrogen and oxygen atoms in total. The lowest BCUT2D eigenvalue weighted by atomic mass is 10.1. The minimum atomic E-state index is -3.42. The van der Waals surface area contributed by atoms with Gasteiger partial charge in [-0.25, -0.2) is 13.1 Å². The van der Waals surface area contributed by atoms with Crippen LogP contribution in [0.1, 0.15) is 12.5 Å². The molecule has 0 aliphatic carbocycles. The third-order valence-corrected chi connectivity index (χ3v) is 4.48. The summed E-state index contributed by atoms with van der Waals surface area (Å²) in [6.07, 6.45) is 2.73. The van der Waals surface area contributed by atoms with Crippen molar-refractivity contribution in [1.29, 1.82) is 0 Å². The third-order valence-electron chi connectivity index (χ3n) is 2.41. The van der Waals surface area contributed by atoms with Gasteiger partial charge >= 0.3 is 0 Å². The normalized spacial score (nSPS) is 11.6. The maximum Gasteiger partial charge on any atom is 0.240 e. The molecule has 6 heteroatoms. The number of hydrogen-bond donors (Lipinski definition) is 2. The number of thioether (sulfide) groups is 1. The minimum Gasteiger partial charge on any atom is -0.398 e. The molecule has 3 N–H and O–H groups in total. The van der Waals surface area contributed by atoms with Gasteiger partial charge in [-0.05, 0) is 30.4 Å². The van der Waals surface area contributed by atoms with Gasteiger partial charge in [-0.3, -0.25) is 0 Å². The van der Waals surface area contributed by atoms with Crippen LogP contribution in [0.5, 0.6) is 0 Å². The van der Waals surface area contributed by atoms with Crippen molar-refractivity contribution in [2.45, 2.75) is 18.2 Å². The molecule has 1 rings (SSSR count). The number of nitrogens with two attached hydrogens (primary N) is 1. The highest BCUT2D eigenvalue weighted by atomic mass is 32.2. The Balaban J connectivity index is 2.88. The van der Waals surface area contributed by atoms with Gasteiger partial charge in [-0.1, -0.05) is 13.0 Å². The molecular formula is C11H18N2O2S2. The molecule has 0 aliphatic heterocycles. The van der Waals surface area contributed by atoms with Gasteiger partial charge in [0, 0.05) is 18.0 Å². The number of rotatable bonds is 6. The Kier molecular flexibility index (Phi) is 5.30. The van der Waals surface area contributed by atoms with E-state index in [1.807, 2.05) is 13.2 Å². The molecular weight excluding hydrogens is 256 g/mol. The molecule has 96 valence electrons. The highest BCUT2D eigenvalue weighted by molar-refractivity contribution is 7.98. The van der Waals surface area contributed by atoms with E-state index in [2.05, 4.69) is 4.72 Å². The summed E-state index contributed by atoms with van der Waals surface area (Å²) in [4.78, 5) is 0.230. The Morgan fingerprint density at radius 1 is 1.41 bits per heavy atom. The standard InChI is InChI=1S/C11H18N2O2S2/c1-3-9-4-5-10(8-11(9)12)17(14,15)13-6-7-16-2/h4-5,8,13H,3,6-7,12H2,1-2H3. The number of anilines is 1. The fourth-order valence-corrected chi connectivity index (χ4v) is 2.93. The van der Waals surface area contributed by atoms with Gasteiger partial charge < -0.3 is 5.73 Å². The first-order valence-corrected chi connectivity index (χ1v) is 8.26. The van der Waals surface area contributed by atoms with Crippen LogP contribution in [0.25, 0.3) is 0 Å². The summed E-state index contributed by atoms with van der Waals surface area (Å²) >= 11 is 1.60. The van der Waals surface area contributed by atoms with E-state index in [4.69, 9.17) is 5.73 Å². The molecule has 0 spiro atoms. The largest absolute Gasteiger partial charge is 0.398 e. The average Bonchev–Trinajstić information content (AvgIpc) is 2.29. The summed E-state index contributed by atoms with van der Waals surface area (Å²) in [7, 11) is -3.42. The van der Waals surface area contributed by atoms with E-state index in [0.717, 1.165) is 17.7 Å². The van der Waals surface area contributed by atoms with Crippen molar-refractivity contribution >= 4 is 27.5 Å². The van der Waals surface area contributed by atoms with E-state index in [-0.39, 0.29) is 4.90 Å². The van der Waals surface area contributed by atoms with Gasteiger partial charge in [0.05, 0.1) is 4.90 Å². The Hall–Kier alpha value is -0.720. The summed E-state index contributed by atoms with van der Waals surface area (Å²) < 4.78 is 26.3. The second-order valence-electron chi connectivity index (χ2n) is 3.60. The summed E-state index contributed by atoms with van der Waals surface area (Å²) in [6.45, 7) is 2.41. The molecule has 0 aromatic heterocycles. The predicted molar refractivity (Wildman–Crippen MR) is 73.8 cm³/mol. The predicted octanol–water partition coefficient (Wildman–Crippen LogP) is 1.47. The van der Waals surface area contributed by atoms with Gasteiger partial charge in [0.2, 0.25) is 10.0 Å². The number of sulfonamides is 1. The first kappa shape index (κ1) is 14.3. The maximum atomic E-state index is 11.9. The van der Waals surface area contributed by atoms with Crippen LogP contribution in [0, 0.1) is 0 Å². The molecule has 0 amide bonds. The fraction of sp³-hybridized carbons (Fsp3) is 0.455. The van der Waals surface area contributed by atoms with E-state index in [9.17, 15) is 8.42 Å². The molecule has 0 saturated carbocycles. The molecule has 0 radical (unpaired) electrons. The monoisotopic (exact) mass is 274 g/mol. The van der Waals surface area contributed by atoms with Crippen molar-refractivity contribution in [3.63, 3.8) is 0 Å². The molecule has 0 unspecified atom stereocenters. The quantitative estimate of drug-likeness (QED) is 0.609. The smallest absolute Gasteiger partial charge is 0.240 e. The molecule has 0 saturated heterocycles. The highest BCUT2D eigenvalue weighted by Gasteiger charge is 2.14. The summed E-state index contributed by atoms with van der Waals surface area (Å²) in [5, 5.41) is 0. The lowest BCUT2D eigenvalue weighted by molar-refractivity contribution is 0.584. The lowest BCUT2D eigenvalue weighted by Crippen LogP contribution is -2.26. The van der Waals surface area contributed by atoms with Crippen molar-refractivity contribution in [1.82, 2.24) is 4.72 Å². The molecule has 0 aliphatic rings. The summed E-state index contributed by atoms with van der Waals surface area (Å²) in [6, 6.07) is 4.87. The Morgan fingerprint density at radius 2 is 2.12 bits per heavy atom. The number of hydrogen-bond acceptors (Lipinski definition) is 4. The molecule has 1 aromatic rings. The van der Waals surface area contributed by atoms with E-state index in [1.54, 1.807) is 23.9 Å². The average molecular weight is 274 g/mol. The van der Waals surface area contributed by atoms with Crippen molar-refractivity contribution in [3.8, 4) is 0 Å². The van der Waals surface area contributed by atoms with Crippen LogP contribution in [0.3, 0.4) is 0 Å². The molecule has 17 heavy (non-hydrogen) atoms. The van der Waals surface area contributed by atoms with Gasteiger partial charge in [-0.2, -0.15) is 11.8 Å². The topological polar surface area (TPSA) is 72.2 Å². The van der Waals surface area contributed by atoms with E-state index >= 15 is 0 Å². The lowest BCUT2D eigenvalue weighted by Gasteiger charge is -2.08. The van der Waals surface area contributed by atoms with Crippen molar-refractivity contribution < 1.29 is 8.42 Å². The van der Waals surface area contributed by atoms with Crippen LogP contribution in [0.2, 0.25) is 0 Å². The Bertz CT molecular complexity index is 472. The number of benzene rings is 1. The first-order valence-electron chi connectivity index (χ1n) is 5.38. The van der Waals surface area contributed by atoms with E-state index < -0.39 is 10.0 Å². The molecule has 0 heterocycles. The van der Waals surface area contributed by atoms with Crippen molar-refractivity contribution in [2.75, 3.05) is 24.3 Å². The summed E-state index contributed by atoms with van der Waals surface area (Å²) in [5.74, 6) is 0.752. The van der Waals surface area contributed by atoms with Gasteiger partial charge in [-0.15, -0.1) is 0 Å². The van der Waals surface area contributed by atoms with Crippen LogP contribution >= 0.6 is 11.8 Å². The van der Waals surface area contributed by atoms with Crippen molar-refractivity contribution in [3.05, 3.63) is 23.8 Å². The second-order valence-corrected chi connectivity index (χ2v) is 6.36. The van der Waals surface area contributed by atoms with Crippen LogP contribution in [0.15, 0.2) is 23.1 Å². The highest BCUT2D eigenvalue weighted by Crippen LogP contribution is 2.18. The van der Waals surface area contributed by atoms with Crippen LogP contribution < -0.4 is 10.5 Å². The van der Waals surface area contributed by atoms with Gasteiger partial charge in [0.25, 0.3) is 0 Å². The third kappa shape index (κ3) is 3.90. The maximum absolute atomic E-state index is 11.9. The summed E-state index contributed by atoms with van der Waals surface area (Å²) in [5.41, 5.74) is 7.28. The molecule has 0 fully saturated rings. The molecule has 0 atom stereocenters. The van der Waals surface area contributed by atoms with Crippen molar-refractivity contribution in [2.24, 2.45) is 0 Å².